The molecular formula is C24H28N2O5S. The van der Waals surface area contributed by atoms with Crippen molar-refractivity contribution in [1.82, 2.24) is 9.29 Å². The standard InChI is InChI=1S/C24H28N2O5S/c1-16-11-18-13-19(24(27)25-23(18)12-17(16)2)14-26(15-21-5-4-10-31-21)32(28,29)22-8-6-20(30-3)7-9-22/h6-9,11-13,21H,4-5,10,14-15H2,1-3H3,(H,25,27)/t21-/m1/s1. The second kappa shape index (κ2) is 9.05. The van der Waals surface area contributed by atoms with E-state index in [9.17, 15) is 13.2 Å². The molecule has 0 bridgehead atoms. The van der Waals surface area contributed by atoms with E-state index in [1.165, 1.54) is 23.5 Å². The Balaban J connectivity index is 1.72. The maximum Gasteiger partial charge on any atom is 0.252 e. The molecule has 1 atom stereocenters. The average Bonchev–Trinajstić information content (AvgIpc) is 3.28. The van der Waals surface area contributed by atoms with Gasteiger partial charge in [0, 0.05) is 30.8 Å². The van der Waals surface area contributed by atoms with Crippen LogP contribution in [0.25, 0.3) is 10.9 Å². The summed E-state index contributed by atoms with van der Waals surface area (Å²) >= 11 is 0. The van der Waals surface area contributed by atoms with Crippen LogP contribution >= 0.6 is 0 Å². The summed E-state index contributed by atoms with van der Waals surface area (Å²) in [6, 6.07) is 12.0. The lowest BCUT2D eigenvalue weighted by Gasteiger charge is -2.25. The summed E-state index contributed by atoms with van der Waals surface area (Å²) in [6.45, 7) is 4.78. The fraction of sp³-hybridized carbons (Fsp3) is 0.375. The van der Waals surface area contributed by atoms with Crippen molar-refractivity contribution in [2.24, 2.45) is 0 Å². The maximum absolute atomic E-state index is 13.5. The van der Waals surface area contributed by atoms with Gasteiger partial charge in [-0.25, -0.2) is 8.42 Å². The quantitative estimate of drug-likeness (QED) is 0.588. The molecule has 1 fully saturated rings. The third-order valence-corrected chi connectivity index (χ3v) is 7.84. The molecule has 1 saturated heterocycles. The third kappa shape index (κ3) is 4.57. The Morgan fingerprint density at radius 1 is 1.12 bits per heavy atom. The molecular weight excluding hydrogens is 428 g/mol. The number of pyridine rings is 1. The van der Waals surface area contributed by atoms with Crippen molar-refractivity contribution in [1.29, 1.82) is 0 Å². The van der Waals surface area contributed by atoms with Crippen LogP contribution in [-0.4, -0.2) is 44.1 Å². The van der Waals surface area contributed by atoms with Crippen molar-refractivity contribution in [2.75, 3.05) is 20.3 Å². The third-order valence-electron chi connectivity index (χ3n) is 6.01. The number of fused-ring (bicyclic) bond motifs is 1. The summed E-state index contributed by atoms with van der Waals surface area (Å²) in [5, 5.41) is 0.876. The molecule has 2 aromatic carbocycles. The van der Waals surface area contributed by atoms with Crippen LogP contribution in [0.2, 0.25) is 0 Å². The minimum atomic E-state index is -3.85. The molecule has 170 valence electrons. The van der Waals surface area contributed by atoms with Crippen LogP contribution < -0.4 is 10.3 Å². The molecule has 0 saturated carbocycles. The number of hydrogen-bond donors (Lipinski definition) is 1. The van der Waals surface area contributed by atoms with Gasteiger partial charge >= 0.3 is 0 Å². The molecule has 32 heavy (non-hydrogen) atoms. The number of hydrogen-bond acceptors (Lipinski definition) is 5. The van der Waals surface area contributed by atoms with Crippen molar-refractivity contribution in [3.63, 3.8) is 0 Å². The molecule has 3 aromatic rings. The summed E-state index contributed by atoms with van der Waals surface area (Å²) in [5.74, 6) is 0.575. The predicted octanol–water partition coefficient (Wildman–Crippen LogP) is 3.52. The Hall–Kier alpha value is -2.68. The highest BCUT2D eigenvalue weighted by molar-refractivity contribution is 7.89. The number of nitrogens with one attached hydrogen (secondary N) is 1. The fourth-order valence-electron chi connectivity index (χ4n) is 3.99. The molecule has 0 spiro atoms. The zero-order valence-electron chi connectivity index (χ0n) is 18.6. The molecule has 1 aliphatic rings. The first kappa shape index (κ1) is 22.5. The molecule has 1 aliphatic heterocycles. The topological polar surface area (TPSA) is 88.7 Å². The van der Waals surface area contributed by atoms with Crippen molar-refractivity contribution in [3.8, 4) is 5.75 Å². The van der Waals surface area contributed by atoms with Crippen LogP contribution in [0.4, 0.5) is 0 Å². The van der Waals surface area contributed by atoms with Crippen molar-refractivity contribution >= 4 is 20.9 Å². The van der Waals surface area contributed by atoms with Gasteiger partial charge in [0.15, 0.2) is 0 Å². The summed E-state index contributed by atoms with van der Waals surface area (Å²) in [5.41, 5.74) is 3.05. The number of aromatic nitrogens is 1. The number of benzene rings is 2. The van der Waals surface area contributed by atoms with Crippen LogP contribution in [0.5, 0.6) is 5.75 Å². The largest absolute Gasteiger partial charge is 0.497 e. The molecule has 8 heteroatoms. The molecule has 0 aliphatic carbocycles. The highest BCUT2D eigenvalue weighted by Gasteiger charge is 2.30. The molecule has 0 radical (unpaired) electrons. The lowest BCUT2D eigenvalue weighted by Crippen LogP contribution is -2.38. The molecule has 1 N–H and O–H groups in total. The van der Waals surface area contributed by atoms with E-state index in [2.05, 4.69) is 4.98 Å². The van der Waals surface area contributed by atoms with Gasteiger partial charge in [0.1, 0.15) is 5.75 Å². The van der Waals surface area contributed by atoms with Gasteiger partial charge in [-0.3, -0.25) is 4.79 Å². The second-order valence-corrected chi connectivity index (χ2v) is 10.2. The first-order chi connectivity index (χ1) is 15.3. The average molecular weight is 457 g/mol. The molecule has 2 heterocycles. The van der Waals surface area contributed by atoms with Crippen LogP contribution in [-0.2, 0) is 21.3 Å². The van der Waals surface area contributed by atoms with Crippen molar-refractivity contribution < 1.29 is 17.9 Å². The number of rotatable bonds is 7. The Bertz CT molecular complexity index is 1280. The number of sulfonamides is 1. The van der Waals surface area contributed by atoms with Gasteiger partial charge in [0.2, 0.25) is 10.0 Å². The van der Waals surface area contributed by atoms with E-state index < -0.39 is 10.0 Å². The van der Waals surface area contributed by atoms with Gasteiger partial charge < -0.3 is 14.5 Å². The molecule has 4 rings (SSSR count). The first-order valence-electron chi connectivity index (χ1n) is 10.7. The Morgan fingerprint density at radius 2 is 1.84 bits per heavy atom. The first-order valence-corrected chi connectivity index (χ1v) is 12.1. The highest BCUT2D eigenvalue weighted by atomic mass is 32.2. The van der Waals surface area contributed by atoms with E-state index >= 15 is 0 Å². The minimum absolute atomic E-state index is 0.0353. The van der Waals surface area contributed by atoms with Crippen molar-refractivity contribution in [2.45, 2.75) is 44.2 Å². The number of aryl methyl sites for hydroxylation is 2. The minimum Gasteiger partial charge on any atom is -0.497 e. The molecule has 0 amide bonds. The number of ether oxygens (including phenoxy) is 2. The van der Waals surface area contributed by atoms with Gasteiger partial charge in [-0.05, 0) is 85.7 Å². The summed E-state index contributed by atoms with van der Waals surface area (Å²) < 4.78 is 39.2. The van der Waals surface area contributed by atoms with Crippen LogP contribution in [0.15, 0.2) is 52.2 Å². The van der Waals surface area contributed by atoms with Gasteiger partial charge in [0.25, 0.3) is 5.56 Å². The van der Waals surface area contributed by atoms with Crippen molar-refractivity contribution in [3.05, 3.63) is 69.5 Å². The molecule has 1 aromatic heterocycles. The number of aromatic amines is 1. The normalized spacial score (nSPS) is 16.7. The zero-order chi connectivity index (χ0) is 22.9. The van der Waals surface area contributed by atoms with Gasteiger partial charge in [-0.1, -0.05) is 0 Å². The maximum atomic E-state index is 13.5. The monoisotopic (exact) mass is 456 g/mol. The van der Waals surface area contributed by atoms with Crippen LogP contribution in [0.1, 0.15) is 29.5 Å². The number of methoxy groups -OCH3 is 1. The number of H-pyrrole nitrogens is 1. The van der Waals surface area contributed by atoms with Crippen LogP contribution in [0.3, 0.4) is 0 Å². The predicted molar refractivity (Wildman–Crippen MR) is 124 cm³/mol. The van der Waals surface area contributed by atoms with E-state index in [1.807, 2.05) is 26.0 Å². The molecule has 0 unspecified atom stereocenters. The Labute approximate surface area is 188 Å². The van der Waals surface area contributed by atoms with Gasteiger partial charge in [-0.2, -0.15) is 4.31 Å². The van der Waals surface area contributed by atoms with E-state index in [0.717, 1.165) is 34.9 Å². The number of nitrogens with zero attached hydrogens (tertiary/aromatic N) is 1. The van der Waals surface area contributed by atoms with E-state index in [0.29, 0.717) is 17.9 Å². The smallest absolute Gasteiger partial charge is 0.252 e. The lowest BCUT2D eigenvalue weighted by molar-refractivity contribution is 0.0925. The molecule has 7 nitrogen and oxygen atoms in total. The van der Waals surface area contributed by atoms with E-state index in [4.69, 9.17) is 9.47 Å². The van der Waals surface area contributed by atoms with Crippen LogP contribution in [0, 0.1) is 13.8 Å². The summed E-state index contributed by atoms with van der Waals surface area (Å²) in [6.07, 6.45) is 1.50. The highest BCUT2D eigenvalue weighted by Crippen LogP contribution is 2.24. The SMILES string of the molecule is COc1ccc(S(=O)(=O)N(Cc2cc3cc(C)c(C)cc3[nH]c2=O)C[C@H]2CCCO2)cc1. The Morgan fingerprint density at radius 3 is 2.50 bits per heavy atom. The summed E-state index contributed by atoms with van der Waals surface area (Å²) in [7, 11) is -2.32. The van der Waals surface area contributed by atoms with E-state index in [-0.39, 0.29) is 29.6 Å². The fourth-order valence-corrected chi connectivity index (χ4v) is 5.44. The summed E-state index contributed by atoms with van der Waals surface area (Å²) in [4.78, 5) is 15.9. The second-order valence-electron chi connectivity index (χ2n) is 8.26. The lowest BCUT2D eigenvalue weighted by atomic mass is 10.0. The zero-order valence-corrected chi connectivity index (χ0v) is 19.4. The van der Waals surface area contributed by atoms with E-state index in [1.54, 1.807) is 18.2 Å². The van der Waals surface area contributed by atoms with Gasteiger partial charge in [0.05, 0.1) is 18.1 Å². The Kier molecular flexibility index (Phi) is 6.37. The van der Waals surface area contributed by atoms with Gasteiger partial charge in [-0.15, -0.1) is 0 Å².